The summed E-state index contributed by atoms with van der Waals surface area (Å²) in [7, 11) is -2.13. The van der Waals surface area contributed by atoms with E-state index in [2.05, 4.69) is 25.2 Å². The first-order valence-electron chi connectivity index (χ1n) is 6.93. The number of ether oxygens (including phenoxy) is 1. The Hall–Kier alpha value is -0.614. The SMILES string of the molecule is CCOC(=O)C([Se]c1ccccc1)[Si](C)(C)OC(C)C. The van der Waals surface area contributed by atoms with Crippen molar-refractivity contribution >= 4 is 33.7 Å². The Morgan fingerprint density at radius 1 is 1.25 bits per heavy atom. The molecule has 1 aromatic rings. The van der Waals surface area contributed by atoms with Crippen LogP contribution >= 0.6 is 0 Å². The molecule has 0 saturated carbocycles. The van der Waals surface area contributed by atoms with Crippen molar-refractivity contribution in [1.82, 2.24) is 0 Å². The summed E-state index contributed by atoms with van der Waals surface area (Å²) < 4.78 is 12.5. The van der Waals surface area contributed by atoms with E-state index in [1.54, 1.807) is 0 Å². The Kier molecular flexibility index (Phi) is 6.96. The van der Waals surface area contributed by atoms with E-state index in [0.29, 0.717) is 6.61 Å². The maximum atomic E-state index is 12.3. The molecule has 1 rings (SSSR count). The Balaban J connectivity index is 2.93. The zero-order valence-electron chi connectivity index (χ0n) is 12.9. The van der Waals surface area contributed by atoms with Gasteiger partial charge in [-0.05, 0) is 0 Å². The minimum atomic E-state index is -2.13. The molecule has 0 spiro atoms. The van der Waals surface area contributed by atoms with E-state index in [0.717, 1.165) is 0 Å². The number of carbonyl (C=O) groups excluding carboxylic acids is 1. The Labute approximate surface area is 129 Å². The Morgan fingerprint density at radius 3 is 2.35 bits per heavy atom. The van der Waals surface area contributed by atoms with Gasteiger partial charge in [-0.25, -0.2) is 0 Å². The molecule has 0 heterocycles. The third-order valence-corrected chi connectivity index (χ3v) is 11.5. The molecular formula is C15H24O3SeSi. The molecule has 0 bridgehead atoms. The molecule has 0 fully saturated rings. The second-order valence-corrected chi connectivity index (χ2v) is 12.8. The quantitative estimate of drug-likeness (QED) is 0.554. The Morgan fingerprint density at radius 2 is 1.85 bits per heavy atom. The van der Waals surface area contributed by atoms with Crippen LogP contribution < -0.4 is 4.46 Å². The number of hydrogen-bond acceptors (Lipinski definition) is 3. The second kappa shape index (κ2) is 7.98. The maximum absolute atomic E-state index is 12.3. The van der Waals surface area contributed by atoms with Crippen molar-refractivity contribution in [2.45, 2.75) is 44.4 Å². The van der Waals surface area contributed by atoms with Crippen molar-refractivity contribution in [1.29, 1.82) is 0 Å². The second-order valence-electron chi connectivity index (χ2n) is 5.33. The molecule has 0 aliphatic rings. The van der Waals surface area contributed by atoms with Crippen molar-refractivity contribution in [3.05, 3.63) is 30.3 Å². The number of hydrogen-bond donors (Lipinski definition) is 0. The summed E-state index contributed by atoms with van der Waals surface area (Å²) >= 11 is 0.0398. The summed E-state index contributed by atoms with van der Waals surface area (Å²) in [5, 5.41) is 0. The number of rotatable bonds is 7. The van der Waals surface area contributed by atoms with Crippen molar-refractivity contribution in [2.24, 2.45) is 0 Å². The fraction of sp³-hybridized carbons (Fsp3) is 0.533. The first-order valence-corrected chi connectivity index (χ1v) is 11.8. The summed E-state index contributed by atoms with van der Waals surface area (Å²) in [6.07, 6.45) is 0.139. The minimum absolute atomic E-state index is 0.0398. The van der Waals surface area contributed by atoms with Crippen molar-refractivity contribution in [2.75, 3.05) is 6.61 Å². The third-order valence-electron chi connectivity index (χ3n) is 2.67. The van der Waals surface area contributed by atoms with Gasteiger partial charge in [-0.1, -0.05) is 0 Å². The van der Waals surface area contributed by atoms with Crippen LogP contribution in [0.1, 0.15) is 20.8 Å². The molecule has 0 N–H and O–H groups in total. The van der Waals surface area contributed by atoms with Crippen LogP contribution in [0.3, 0.4) is 0 Å². The Bertz CT molecular complexity index is 420. The summed E-state index contributed by atoms with van der Waals surface area (Å²) in [6, 6.07) is 10.2. The van der Waals surface area contributed by atoms with E-state index < -0.39 is 8.32 Å². The molecule has 0 aliphatic heterocycles. The van der Waals surface area contributed by atoms with Gasteiger partial charge < -0.3 is 0 Å². The van der Waals surface area contributed by atoms with Gasteiger partial charge in [0.1, 0.15) is 0 Å². The molecule has 0 amide bonds. The van der Waals surface area contributed by atoms with E-state index in [4.69, 9.17) is 9.16 Å². The standard InChI is InChI=1S/C15H24O3SeSi/c1-6-17-14(16)15(20(4,5)18-12(2)3)19-13-10-8-7-9-11-13/h7-12,15H,6H2,1-5H3. The van der Waals surface area contributed by atoms with Crippen LogP contribution in [-0.2, 0) is 14.0 Å². The first kappa shape index (κ1) is 17.4. The predicted molar refractivity (Wildman–Crippen MR) is 85.9 cm³/mol. The summed E-state index contributed by atoms with van der Waals surface area (Å²) in [5.74, 6) is -0.103. The van der Waals surface area contributed by atoms with Gasteiger partial charge in [-0.2, -0.15) is 0 Å². The fourth-order valence-electron chi connectivity index (χ4n) is 2.00. The molecule has 0 aliphatic carbocycles. The van der Waals surface area contributed by atoms with Gasteiger partial charge in [0.15, 0.2) is 0 Å². The van der Waals surface area contributed by atoms with Gasteiger partial charge in [0.25, 0.3) is 0 Å². The molecule has 0 aromatic heterocycles. The van der Waals surface area contributed by atoms with E-state index in [1.165, 1.54) is 4.46 Å². The van der Waals surface area contributed by atoms with Crippen molar-refractivity contribution in [3.8, 4) is 0 Å². The van der Waals surface area contributed by atoms with Crippen LogP contribution in [0.15, 0.2) is 30.3 Å². The van der Waals surface area contributed by atoms with Crippen LogP contribution in [-0.4, -0.2) is 42.0 Å². The average Bonchev–Trinajstić information content (AvgIpc) is 2.35. The van der Waals surface area contributed by atoms with Crippen molar-refractivity contribution < 1.29 is 14.0 Å². The van der Waals surface area contributed by atoms with Gasteiger partial charge in [-0.3, -0.25) is 0 Å². The molecule has 20 heavy (non-hydrogen) atoms. The zero-order chi connectivity index (χ0) is 15.2. The summed E-state index contributed by atoms with van der Waals surface area (Å²) in [4.78, 5) is 12.3. The van der Waals surface area contributed by atoms with Crippen LogP contribution in [0.2, 0.25) is 17.5 Å². The molecule has 1 unspecified atom stereocenters. The summed E-state index contributed by atoms with van der Waals surface area (Å²) in [5.41, 5.74) is 0. The van der Waals surface area contributed by atoms with Crippen LogP contribution in [0.4, 0.5) is 0 Å². The van der Waals surface area contributed by atoms with E-state index in [1.807, 2.05) is 39.0 Å². The van der Waals surface area contributed by atoms with Gasteiger partial charge in [0, 0.05) is 0 Å². The van der Waals surface area contributed by atoms with E-state index in [-0.39, 0.29) is 31.5 Å². The van der Waals surface area contributed by atoms with Crippen molar-refractivity contribution in [3.63, 3.8) is 0 Å². The fourth-order valence-corrected chi connectivity index (χ4v) is 8.69. The number of carbonyl (C=O) groups is 1. The number of benzene rings is 1. The molecule has 3 nitrogen and oxygen atoms in total. The molecule has 1 aromatic carbocycles. The van der Waals surface area contributed by atoms with Crippen LogP contribution in [0, 0.1) is 0 Å². The van der Waals surface area contributed by atoms with Gasteiger partial charge in [-0.15, -0.1) is 0 Å². The molecule has 112 valence electrons. The normalized spacial score (nSPS) is 13.3. The van der Waals surface area contributed by atoms with Gasteiger partial charge in [0.2, 0.25) is 0 Å². The van der Waals surface area contributed by atoms with Gasteiger partial charge in [0.05, 0.1) is 0 Å². The molecular weight excluding hydrogens is 335 g/mol. The van der Waals surface area contributed by atoms with E-state index in [9.17, 15) is 4.79 Å². The third kappa shape index (κ3) is 5.41. The zero-order valence-corrected chi connectivity index (χ0v) is 15.6. The molecule has 1 atom stereocenters. The number of esters is 1. The first-order chi connectivity index (χ1) is 9.36. The van der Waals surface area contributed by atoms with Crippen LogP contribution in [0.25, 0.3) is 0 Å². The molecule has 0 radical (unpaired) electrons. The average molecular weight is 359 g/mol. The molecule has 0 saturated heterocycles. The van der Waals surface area contributed by atoms with Gasteiger partial charge >= 0.3 is 129 Å². The predicted octanol–water partition coefficient (Wildman–Crippen LogP) is 2.54. The van der Waals surface area contributed by atoms with Crippen LogP contribution in [0.5, 0.6) is 0 Å². The monoisotopic (exact) mass is 360 g/mol. The van der Waals surface area contributed by atoms with E-state index >= 15 is 0 Å². The topological polar surface area (TPSA) is 35.5 Å². The molecule has 5 heteroatoms. The summed E-state index contributed by atoms with van der Waals surface area (Å²) in [6.45, 7) is 10.5.